The molecule has 0 bridgehead atoms. The molecule has 130 valence electrons. The molecule has 4 rings (SSSR count). The van der Waals surface area contributed by atoms with Crippen LogP contribution in [0, 0.1) is 5.92 Å². The van der Waals surface area contributed by atoms with Crippen LogP contribution in [0.3, 0.4) is 0 Å². The summed E-state index contributed by atoms with van der Waals surface area (Å²) in [6.45, 7) is 1.64. The molecule has 1 saturated heterocycles. The summed E-state index contributed by atoms with van der Waals surface area (Å²) in [6.07, 6.45) is 1.45. The van der Waals surface area contributed by atoms with Gasteiger partial charge >= 0.3 is 5.97 Å². The van der Waals surface area contributed by atoms with Gasteiger partial charge in [0, 0.05) is 9.58 Å². The number of hydrogen-bond donors (Lipinski definition) is 1. The van der Waals surface area contributed by atoms with Crippen molar-refractivity contribution in [3.63, 3.8) is 0 Å². The van der Waals surface area contributed by atoms with Gasteiger partial charge in [-0.3, -0.25) is 9.69 Å². The molecular formula is C19H18BrNO2S2. The Kier molecular flexibility index (Phi) is 4.95. The van der Waals surface area contributed by atoms with E-state index in [9.17, 15) is 9.90 Å². The fourth-order valence-electron chi connectivity index (χ4n) is 3.62. The van der Waals surface area contributed by atoms with Crippen molar-refractivity contribution < 1.29 is 9.90 Å². The van der Waals surface area contributed by atoms with Gasteiger partial charge in [0.25, 0.3) is 0 Å². The van der Waals surface area contributed by atoms with Gasteiger partial charge in [0.2, 0.25) is 0 Å². The molecule has 1 aromatic carbocycles. The lowest BCUT2D eigenvalue weighted by atomic mass is 9.93. The molecule has 1 unspecified atom stereocenters. The monoisotopic (exact) mass is 435 g/mol. The number of aliphatic carboxylic acids is 1. The molecule has 6 heteroatoms. The predicted molar refractivity (Wildman–Crippen MR) is 108 cm³/mol. The molecule has 3 heterocycles. The minimum absolute atomic E-state index is 0.196. The molecular weight excluding hydrogens is 418 g/mol. The van der Waals surface area contributed by atoms with E-state index in [1.165, 1.54) is 20.5 Å². The lowest BCUT2D eigenvalue weighted by Crippen LogP contribution is -2.38. The van der Waals surface area contributed by atoms with Crippen LogP contribution >= 0.6 is 38.6 Å². The van der Waals surface area contributed by atoms with Gasteiger partial charge in [-0.1, -0.05) is 18.2 Å². The average molecular weight is 436 g/mol. The van der Waals surface area contributed by atoms with Gasteiger partial charge in [0.1, 0.15) is 0 Å². The standard InChI is InChI=1S/C19H18BrNO2S2/c20-17-6-5-16(25-17)18(21-9-7-12(8-10-21)19(22)23)14-11-24-15-4-2-1-3-13(14)15/h1-6,11-12,18H,7-10H2,(H,22,23). The first-order valence-corrected chi connectivity index (χ1v) is 10.8. The van der Waals surface area contributed by atoms with Crippen LogP contribution in [0.2, 0.25) is 0 Å². The van der Waals surface area contributed by atoms with E-state index >= 15 is 0 Å². The van der Waals surface area contributed by atoms with Crippen molar-refractivity contribution in [3.8, 4) is 0 Å². The zero-order valence-corrected chi connectivity index (χ0v) is 16.7. The van der Waals surface area contributed by atoms with Gasteiger partial charge < -0.3 is 5.11 Å². The lowest BCUT2D eigenvalue weighted by Gasteiger charge is -2.36. The van der Waals surface area contributed by atoms with E-state index < -0.39 is 5.97 Å². The minimum Gasteiger partial charge on any atom is -0.481 e. The summed E-state index contributed by atoms with van der Waals surface area (Å²) in [5.74, 6) is -0.859. The topological polar surface area (TPSA) is 40.5 Å². The van der Waals surface area contributed by atoms with Crippen molar-refractivity contribution in [1.29, 1.82) is 0 Å². The van der Waals surface area contributed by atoms with Crippen molar-refractivity contribution in [1.82, 2.24) is 4.90 Å². The number of carboxylic acids is 1. The van der Waals surface area contributed by atoms with Crippen LogP contribution in [-0.4, -0.2) is 29.1 Å². The number of piperidine rings is 1. The fraction of sp³-hybridized carbons (Fsp3) is 0.316. The van der Waals surface area contributed by atoms with Gasteiger partial charge in [-0.25, -0.2) is 0 Å². The van der Waals surface area contributed by atoms with Crippen LogP contribution in [0.15, 0.2) is 45.6 Å². The zero-order valence-electron chi connectivity index (χ0n) is 13.5. The number of rotatable bonds is 4. The molecule has 3 aromatic rings. The Balaban J connectivity index is 1.72. The van der Waals surface area contributed by atoms with E-state index in [0.29, 0.717) is 0 Å². The van der Waals surface area contributed by atoms with Gasteiger partial charge in [0.05, 0.1) is 15.7 Å². The largest absolute Gasteiger partial charge is 0.481 e. The second kappa shape index (κ2) is 7.19. The molecule has 0 aliphatic carbocycles. The molecule has 2 aromatic heterocycles. The number of carboxylic acid groups (broad SMARTS) is 1. The third-order valence-electron chi connectivity index (χ3n) is 4.91. The van der Waals surface area contributed by atoms with Gasteiger partial charge in [-0.05, 0) is 76.4 Å². The number of benzene rings is 1. The van der Waals surface area contributed by atoms with Crippen LogP contribution in [0.1, 0.15) is 29.3 Å². The fourth-order valence-corrected chi connectivity index (χ4v) is 6.18. The summed E-state index contributed by atoms with van der Waals surface area (Å²) in [4.78, 5) is 15.0. The number of likely N-dealkylation sites (tertiary alicyclic amines) is 1. The van der Waals surface area contributed by atoms with E-state index in [1.54, 1.807) is 22.7 Å². The van der Waals surface area contributed by atoms with Crippen LogP contribution < -0.4 is 0 Å². The van der Waals surface area contributed by atoms with E-state index in [1.807, 2.05) is 0 Å². The Morgan fingerprint density at radius 3 is 2.64 bits per heavy atom. The summed E-state index contributed by atoms with van der Waals surface area (Å²) in [5.41, 5.74) is 1.34. The number of hydrogen-bond acceptors (Lipinski definition) is 4. The zero-order chi connectivity index (χ0) is 17.4. The van der Waals surface area contributed by atoms with Crippen molar-refractivity contribution >= 4 is 54.7 Å². The summed E-state index contributed by atoms with van der Waals surface area (Å²) >= 11 is 7.14. The highest BCUT2D eigenvalue weighted by molar-refractivity contribution is 9.11. The Hall–Kier alpha value is -1.21. The van der Waals surface area contributed by atoms with Gasteiger partial charge in [0.15, 0.2) is 0 Å². The third kappa shape index (κ3) is 3.40. The summed E-state index contributed by atoms with van der Waals surface area (Å²) in [6, 6.07) is 13.0. The van der Waals surface area contributed by atoms with Crippen molar-refractivity contribution in [2.45, 2.75) is 18.9 Å². The number of carbonyl (C=O) groups is 1. The van der Waals surface area contributed by atoms with Crippen molar-refractivity contribution in [3.05, 3.63) is 56.0 Å². The Labute approximate surface area is 163 Å². The lowest BCUT2D eigenvalue weighted by molar-refractivity contribution is -0.143. The molecule has 0 saturated carbocycles. The first-order chi connectivity index (χ1) is 12.1. The summed E-state index contributed by atoms with van der Waals surface area (Å²) in [5, 5.41) is 12.9. The van der Waals surface area contributed by atoms with Crippen molar-refractivity contribution in [2.75, 3.05) is 13.1 Å². The first kappa shape index (κ1) is 17.2. The van der Waals surface area contributed by atoms with Crippen LogP contribution in [0.5, 0.6) is 0 Å². The minimum atomic E-state index is -0.656. The average Bonchev–Trinajstić information content (AvgIpc) is 3.23. The number of fused-ring (bicyclic) bond motifs is 1. The van der Waals surface area contributed by atoms with Gasteiger partial charge in [-0.2, -0.15) is 0 Å². The maximum atomic E-state index is 11.3. The molecule has 1 aliphatic heterocycles. The number of halogens is 1. The molecule has 0 spiro atoms. The number of thiophene rings is 2. The Morgan fingerprint density at radius 2 is 1.96 bits per heavy atom. The van der Waals surface area contributed by atoms with E-state index in [0.717, 1.165) is 29.7 Å². The highest BCUT2D eigenvalue weighted by atomic mass is 79.9. The molecule has 3 nitrogen and oxygen atoms in total. The highest BCUT2D eigenvalue weighted by Crippen LogP contribution is 2.41. The molecule has 25 heavy (non-hydrogen) atoms. The quantitative estimate of drug-likeness (QED) is 0.578. The predicted octanol–water partition coefficient (Wildman–Crippen LogP) is 5.61. The maximum Gasteiger partial charge on any atom is 0.306 e. The second-order valence-corrected chi connectivity index (χ2v) is 9.79. The van der Waals surface area contributed by atoms with Gasteiger partial charge in [-0.15, -0.1) is 22.7 Å². The second-order valence-electron chi connectivity index (χ2n) is 6.38. The van der Waals surface area contributed by atoms with Crippen molar-refractivity contribution in [2.24, 2.45) is 5.92 Å². The number of nitrogens with zero attached hydrogens (tertiary/aromatic N) is 1. The molecule has 1 atom stereocenters. The normalized spacial score (nSPS) is 17.8. The smallest absolute Gasteiger partial charge is 0.306 e. The first-order valence-electron chi connectivity index (χ1n) is 8.31. The molecule has 1 fully saturated rings. The van der Waals surface area contributed by atoms with E-state index in [4.69, 9.17) is 0 Å². The van der Waals surface area contributed by atoms with Crippen LogP contribution in [-0.2, 0) is 4.79 Å². The van der Waals surface area contributed by atoms with E-state index in [2.05, 4.69) is 62.6 Å². The summed E-state index contributed by atoms with van der Waals surface area (Å²) in [7, 11) is 0. The summed E-state index contributed by atoms with van der Waals surface area (Å²) < 4.78 is 2.44. The van der Waals surface area contributed by atoms with Crippen LogP contribution in [0.4, 0.5) is 0 Å². The molecule has 0 amide bonds. The molecule has 1 aliphatic rings. The Bertz CT molecular complexity index is 896. The third-order valence-corrected chi connectivity index (χ3v) is 7.57. The maximum absolute atomic E-state index is 11.3. The van der Waals surface area contributed by atoms with E-state index in [-0.39, 0.29) is 12.0 Å². The highest BCUT2D eigenvalue weighted by Gasteiger charge is 2.32. The molecule has 1 N–H and O–H groups in total. The Morgan fingerprint density at radius 1 is 1.20 bits per heavy atom. The SMILES string of the molecule is O=C(O)C1CCN(C(c2ccc(Br)s2)c2csc3ccccc23)CC1. The van der Waals surface area contributed by atoms with Crippen LogP contribution in [0.25, 0.3) is 10.1 Å². The molecule has 0 radical (unpaired) electrons.